The molecule has 0 bridgehead atoms. The predicted molar refractivity (Wildman–Crippen MR) is 150 cm³/mol. The normalized spacial score (nSPS) is 18.5. The fourth-order valence-corrected chi connectivity index (χ4v) is 7.91. The summed E-state index contributed by atoms with van der Waals surface area (Å²) in [5.74, 6) is 0.704. The lowest BCUT2D eigenvalue weighted by Gasteiger charge is -2.31. The van der Waals surface area contributed by atoms with Crippen molar-refractivity contribution in [2.75, 3.05) is 32.1 Å². The Bertz CT molecular complexity index is 1350. The van der Waals surface area contributed by atoms with Crippen LogP contribution in [0.1, 0.15) is 72.2 Å². The number of nitrogens with two attached hydrogens (primary N) is 1. The molecule has 3 N–H and O–H groups in total. The van der Waals surface area contributed by atoms with E-state index in [1.165, 1.54) is 30.6 Å². The molecule has 0 aliphatic carbocycles. The van der Waals surface area contributed by atoms with Crippen molar-refractivity contribution in [3.05, 3.63) is 45.8 Å². The molecule has 0 unspecified atom stereocenters. The van der Waals surface area contributed by atoms with Gasteiger partial charge in [0.2, 0.25) is 10.0 Å². The number of ether oxygens (including phenoxy) is 1. The molecular formula is C28H37N3O4S2. The van der Waals surface area contributed by atoms with Crippen LogP contribution < -0.4 is 5.73 Å². The predicted octanol–water partition coefficient (Wildman–Crippen LogP) is 5.27. The van der Waals surface area contributed by atoms with Crippen LogP contribution >= 0.6 is 11.3 Å². The first-order valence-corrected chi connectivity index (χ1v) is 15.9. The third-order valence-electron chi connectivity index (χ3n) is 8.10. The quantitative estimate of drug-likeness (QED) is 0.383. The summed E-state index contributed by atoms with van der Waals surface area (Å²) in [5.41, 5.74) is 10.3. The average Bonchev–Trinajstić information content (AvgIpc) is 3.56. The zero-order chi connectivity index (χ0) is 26.0. The van der Waals surface area contributed by atoms with Crippen LogP contribution in [0.4, 0.5) is 0 Å². The fourth-order valence-electron chi connectivity index (χ4n) is 5.84. The number of primary amides is 1. The number of fused-ring (bicyclic) bond motifs is 1. The number of carbonyl (C=O) groups excluding carboxylic acids is 1. The Morgan fingerprint density at radius 2 is 1.89 bits per heavy atom. The maximum Gasteiger partial charge on any atom is 0.250 e. The largest absolute Gasteiger partial charge is 0.381 e. The number of rotatable bonds is 9. The summed E-state index contributed by atoms with van der Waals surface area (Å²) >= 11 is 1.78. The molecule has 4 heterocycles. The highest BCUT2D eigenvalue weighted by atomic mass is 32.2. The maximum atomic E-state index is 12.4. The van der Waals surface area contributed by atoms with Gasteiger partial charge in [0.25, 0.3) is 5.91 Å². The number of hydrogen-bond acceptors (Lipinski definition) is 5. The van der Waals surface area contributed by atoms with Crippen LogP contribution in [0.25, 0.3) is 22.0 Å². The number of hydrogen-bond donors (Lipinski definition) is 2. The smallest absolute Gasteiger partial charge is 0.250 e. The van der Waals surface area contributed by atoms with Gasteiger partial charge in [-0.05, 0) is 104 Å². The third-order valence-corrected chi connectivity index (χ3v) is 11.0. The van der Waals surface area contributed by atoms with Gasteiger partial charge >= 0.3 is 0 Å². The first-order valence-electron chi connectivity index (χ1n) is 13.4. The molecule has 0 atom stereocenters. The van der Waals surface area contributed by atoms with Crippen molar-refractivity contribution in [3.63, 3.8) is 0 Å². The van der Waals surface area contributed by atoms with Gasteiger partial charge in [0.15, 0.2) is 0 Å². The van der Waals surface area contributed by atoms with E-state index in [0.717, 1.165) is 66.0 Å². The number of thiophene rings is 1. The minimum Gasteiger partial charge on any atom is -0.381 e. The molecule has 0 saturated carbocycles. The monoisotopic (exact) mass is 543 g/mol. The summed E-state index contributed by atoms with van der Waals surface area (Å²) in [5, 5.41) is 3.19. The molecule has 200 valence electrons. The molecular weight excluding hydrogens is 506 g/mol. The first-order chi connectivity index (χ1) is 17.9. The standard InChI is InChI=1S/C28H37N3O4S2/c1-2-37(33,34)31-10-6-20(7-11-31)26-17-30-27-24(26)15-21(16-25(27)28(29)32)22-14-23(36-18-22)5-3-4-19-8-12-35-13-9-19/h14-20,30H,2-13H2,1H3,(H2,29,32). The topological polar surface area (TPSA) is 105 Å². The molecule has 37 heavy (non-hydrogen) atoms. The van der Waals surface area contributed by atoms with E-state index in [9.17, 15) is 13.2 Å². The van der Waals surface area contributed by atoms with Crippen molar-refractivity contribution in [2.45, 2.75) is 57.8 Å². The number of nitrogens with zero attached hydrogens (tertiary/aromatic N) is 1. The summed E-state index contributed by atoms with van der Waals surface area (Å²) in [6.07, 6.45) is 9.36. The van der Waals surface area contributed by atoms with E-state index in [1.807, 2.05) is 12.3 Å². The number of nitrogens with one attached hydrogen (secondary N) is 1. The number of sulfonamides is 1. The Morgan fingerprint density at radius 3 is 2.59 bits per heavy atom. The molecule has 2 aliphatic heterocycles. The Morgan fingerprint density at radius 1 is 1.14 bits per heavy atom. The highest BCUT2D eigenvalue weighted by molar-refractivity contribution is 7.89. The third kappa shape index (κ3) is 5.79. The van der Waals surface area contributed by atoms with Gasteiger partial charge in [-0.3, -0.25) is 4.79 Å². The van der Waals surface area contributed by atoms with E-state index in [-0.39, 0.29) is 11.7 Å². The Balaban J connectivity index is 1.35. The first kappa shape index (κ1) is 26.4. The van der Waals surface area contributed by atoms with E-state index >= 15 is 0 Å². The zero-order valence-electron chi connectivity index (χ0n) is 21.5. The Kier molecular flexibility index (Phi) is 8.04. The average molecular weight is 544 g/mol. The van der Waals surface area contributed by atoms with Crippen molar-refractivity contribution in [3.8, 4) is 11.1 Å². The number of benzene rings is 1. The van der Waals surface area contributed by atoms with Gasteiger partial charge in [-0.15, -0.1) is 11.3 Å². The van der Waals surface area contributed by atoms with Gasteiger partial charge in [-0.2, -0.15) is 0 Å². The number of amides is 1. The highest BCUT2D eigenvalue weighted by Gasteiger charge is 2.29. The minimum atomic E-state index is -3.17. The summed E-state index contributed by atoms with van der Waals surface area (Å²) in [4.78, 5) is 17.0. The van der Waals surface area contributed by atoms with E-state index in [1.54, 1.807) is 22.6 Å². The summed E-state index contributed by atoms with van der Waals surface area (Å²) in [7, 11) is -3.17. The molecule has 0 radical (unpaired) electrons. The number of aryl methyl sites for hydroxylation is 1. The van der Waals surface area contributed by atoms with E-state index in [0.29, 0.717) is 18.7 Å². The van der Waals surface area contributed by atoms with E-state index in [2.05, 4.69) is 22.5 Å². The van der Waals surface area contributed by atoms with Crippen molar-refractivity contribution in [1.82, 2.24) is 9.29 Å². The van der Waals surface area contributed by atoms with Gasteiger partial charge < -0.3 is 15.5 Å². The van der Waals surface area contributed by atoms with Crippen LogP contribution in [0.15, 0.2) is 29.8 Å². The van der Waals surface area contributed by atoms with Crippen molar-refractivity contribution in [2.24, 2.45) is 11.7 Å². The zero-order valence-corrected chi connectivity index (χ0v) is 23.1. The van der Waals surface area contributed by atoms with Gasteiger partial charge in [-0.25, -0.2) is 12.7 Å². The van der Waals surface area contributed by atoms with Crippen molar-refractivity contribution < 1.29 is 17.9 Å². The molecule has 2 aromatic heterocycles. The van der Waals surface area contributed by atoms with Gasteiger partial charge in [0.05, 0.1) is 16.8 Å². The number of carbonyl (C=O) groups is 1. The van der Waals surface area contributed by atoms with Crippen LogP contribution in [0, 0.1) is 5.92 Å². The lowest BCUT2D eigenvalue weighted by molar-refractivity contribution is 0.0634. The van der Waals surface area contributed by atoms with Crippen molar-refractivity contribution in [1.29, 1.82) is 0 Å². The molecule has 9 heteroatoms. The molecule has 2 aliphatic rings. The lowest BCUT2D eigenvalue weighted by atomic mass is 9.88. The molecule has 3 aromatic rings. The maximum absolute atomic E-state index is 12.4. The number of aromatic amines is 1. The molecule has 2 saturated heterocycles. The van der Waals surface area contributed by atoms with Gasteiger partial charge in [0, 0.05) is 42.8 Å². The number of piperidine rings is 1. The van der Waals surface area contributed by atoms with Gasteiger partial charge in [0.1, 0.15) is 0 Å². The molecule has 2 fully saturated rings. The van der Waals surface area contributed by atoms with Crippen LogP contribution in [-0.2, 0) is 21.2 Å². The molecule has 1 amide bonds. The Hall–Kier alpha value is -2.20. The second-order valence-corrected chi connectivity index (χ2v) is 13.6. The van der Waals surface area contributed by atoms with Crippen LogP contribution in [0.2, 0.25) is 0 Å². The SMILES string of the molecule is CCS(=O)(=O)N1CCC(c2c[nH]c3c(C(N)=O)cc(-c4csc(CCCC5CCOCC5)c4)cc23)CC1. The second kappa shape index (κ2) is 11.3. The van der Waals surface area contributed by atoms with Crippen molar-refractivity contribution >= 4 is 38.2 Å². The lowest BCUT2D eigenvalue weighted by Crippen LogP contribution is -2.38. The van der Waals surface area contributed by atoms with Gasteiger partial charge in [-0.1, -0.05) is 0 Å². The minimum absolute atomic E-state index is 0.133. The highest BCUT2D eigenvalue weighted by Crippen LogP contribution is 2.38. The molecule has 1 aromatic carbocycles. The molecule has 5 rings (SSSR count). The summed E-state index contributed by atoms with van der Waals surface area (Å²) in [6, 6.07) is 6.31. The molecule has 0 spiro atoms. The number of aromatic nitrogens is 1. The summed E-state index contributed by atoms with van der Waals surface area (Å²) in [6.45, 7) is 4.54. The molecule has 7 nitrogen and oxygen atoms in total. The van der Waals surface area contributed by atoms with E-state index in [4.69, 9.17) is 10.5 Å². The van der Waals surface area contributed by atoms with Crippen LogP contribution in [0.3, 0.4) is 0 Å². The Labute approximate surface area is 223 Å². The van der Waals surface area contributed by atoms with E-state index < -0.39 is 15.9 Å². The van der Waals surface area contributed by atoms with Crippen LogP contribution in [0.5, 0.6) is 0 Å². The second-order valence-electron chi connectivity index (χ2n) is 10.4. The number of H-pyrrole nitrogens is 1. The summed E-state index contributed by atoms with van der Waals surface area (Å²) < 4.78 is 31.7. The van der Waals surface area contributed by atoms with Crippen LogP contribution in [-0.4, -0.2) is 55.7 Å². The fraction of sp³-hybridized carbons (Fsp3) is 0.536.